The average molecular weight is 831 g/mol. The number of rotatable bonds is 8. The van der Waals surface area contributed by atoms with E-state index in [1.807, 2.05) is 21.9 Å². The quantitative estimate of drug-likeness (QED) is 0.148. The molecule has 0 bridgehead atoms. The number of halogens is 2. The molecule has 4 heterocycles. The van der Waals surface area contributed by atoms with Gasteiger partial charge in [-0.15, -0.1) is 0 Å². The van der Waals surface area contributed by atoms with Crippen LogP contribution in [0.4, 0.5) is 20.2 Å². The lowest BCUT2D eigenvalue weighted by atomic mass is 9.79. The summed E-state index contributed by atoms with van der Waals surface area (Å²) in [6.45, 7) is 10.7. The average Bonchev–Trinajstić information content (AvgIpc) is 4.04. The van der Waals surface area contributed by atoms with E-state index in [1.165, 1.54) is 23.3 Å². The summed E-state index contributed by atoms with van der Waals surface area (Å²) < 4.78 is 30.5. The first-order chi connectivity index (χ1) is 29.8. The number of aromatic nitrogens is 2. The van der Waals surface area contributed by atoms with E-state index in [9.17, 15) is 15.0 Å². The third-order valence-corrected chi connectivity index (χ3v) is 14.4. The number of pyridine rings is 2. The molecule has 10 rings (SSSR count). The van der Waals surface area contributed by atoms with Gasteiger partial charge in [0.05, 0.1) is 36.0 Å². The Bertz CT molecular complexity index is 2570. The van der Waals surface area contributed by atoms with Crippen LogP contribution < -0.4 is 9.80 Å². The van der Waals surface area contributed by atoms with Gasteiger partial charge in [0.1, 0.15) is 23.0 Å². The summed E-state index contributed by atoms with van der Waals surface area (Å²) in [6, 6.07) is 32.3. The summed E-state index contributed by atoms with van der Waals surface area (Å²) in [7, 11) is 0. The van der Waals surface area contributed by atoms with Crippen LogP contribution in [0.15, 0.2) is 109 Å². The maximum atomic E-state index is 15.2. The first-order valence-corrected chi connectivity index (χ1v) is 22.0. The summed E-state index contributed by atoms with van der Waals surface area (Å²) in [6.07, 6.45) is 3.25. The van der Waals surface area contributed by atoms with Gasteiger partial charge in [0, 0.05) is 49.1 Å². The molecule has 0 amide bonds. The van der Waals surface area contributed by atoms with Gasteiger partial charge in [0.2, 0.25) is 5.78 Å². The van der Waals surface area contributed by atoms with Crippen LogP contribution in [-0.2, 0) is 10.8 Å². The van der Waals surface area contributed by atoms with Gasteiger partial charge in [0.25, 0.3) is 0 Å². The van der Waals surface area contributed by atoms with E-state index in [-0.39, 0.29) is 11.4 Å². The fourth-order valence-electron chi connectivity index (χ4n) is 11.4. The number of nitrogens with zero attached hydrogens (tertiary/aromatic N) is 4. The number of aliphatic hydroxyl groups excluding tert-OH is 2. The molecule has 0 saturated carbocycles. The molecule has 4 unspecified atom stereocenters. The van der Waals surface area contributed by atoms with Crippen molar-refractivity contribution in [2.24, 2.45) is 0 Å². The third-order valence-electron chi connectivity index (χ3n) is 14.4. The Morgan fingerprint density at radius 1 is 0.629 bits per heavy atom. The molecule has 2 aliphatic carbocycles. The Balaban J connectivity index is 0.965. The minimum Gasteiger partial charge on any atom is -0.388 e. The number of anilines is 2. The first kappa shape index (κ1) is 40.3. The van der Waals surface area contributed by atoms with Gasteiger partial charge in [-0.25, -0.2) is 18.7 Å². The van der Waals surface area contributed by atoms with Gasteiger partial charge in [-0.2, -0.15) is 0 Å². The number of carbonyl (C=O) groups excluding carboxylic acids is 1. The van der Waals surface area contributed by atoms with Crippen molar-refractivity contribution in [3.8, 4) is 22.3 Å². The van der Waals surface area contributed by atoms with E-state index in [4.69, 9.17) is 0 Å². The monoisotopic (exact) mass is 830 g/mol. The zero-order chi connectivity index (χ0) is 43.1. The lowest BCUT2D eigenvalue weighted by molar-refractivity contribution is 0.103. The molecule has 0 radical (unpaired) electrons. The Labute approximate surface area is 362 Å². The maximum Gasteiger partial charge on any atom is 0.233 e. The molecule has 2 N–H and O–H groups in total. The van der Waals surface area contributed by atoms with Gasteiger partial charge < -0.3 is 20.0 Å². The molecule has 2 aliphatic heterocycles. The summed E-state index contributed by atoms with van der Waals surface area (Å²) in [5.41, 5.74) is 11.0. The zero-order valence-corrected chi connectivity index (χ0v) is 35.7. The number of hydrogen-bond acceptors (Lipinski definition) is 7. The van der Waals surface area contributed by atoms with Gasteiger partial charge >= 0.3 is 0 Å². The minimum absolute atomic E-state index is 0.0474. The largest absolute Gasteiger partial charge is 0.388 e. The molecule has 2 fully saturated rings. The van der Waals surface area contributed by atoms with Crippen molar-refractivity contribution in [2.45, 2.75) is 88.3 Å². The Morgan fingerprint density at radius 3 is 1.47 bits per heavy atom. The van der Waals surface area contributed by atoms with Crippen molar-refractivity contribution in [2.75, 3.05) is 36.0 Å². The van der Waals surface area contributed by atoms with E-state index < -0.39 is 40.5 Å². The second kappa shape index (κ2) is 15.2. The number of fused-ring (bicyclic) bond motifs is 4. The van der Waals surface area contributed by atoms with E-state index in [2.05, 4.69) is 110 Å². The van der Waals surface area contributed by atoms with Gasteiger partial charge in [-0.1, -0.05) is 113 Å². The van der Waals surface area contributed by atoms with Crippen LogP contribution in [-0.4, -0.2) is 52.1 Å². The van der Waals surface area contributed by atoms with Gasteiger partial charge in [-0.3, -0.25) is 4.79 Å². The molecule has 4 aromatic carbocycles. The van der Waals surface area contributed by atoms with Gasteiger partial charge in [-0.05, 0) is 93.2 Å². The summed E-state index contributed by atoms with van der Waals surface area (Å²) in [5.74, 6) is -0.993. The summed E-state index contributed by atoms with van der Waals surface area (Å²) in [4.78, 5) is 27.7. The number of benzene rings is 4. The Morgan fingerprint density at radius 2 is 1.05 bits per heavy atom. The topological polar surface area (TPSA) is 89.8 Å². The Kier molecular flexibility index (Phi) is 9.91. The SMILES string of the molecule is CC(C)c1ccccc1-c1ccc2c(c1)C1(CCN(c3cc(F)cnc3C(=O)c3ncc(F)cc3N3CCC4(CC(O)c5ccc(-c6ccccc6C(C)C)cc54)C3)C1)CC2O. The molecule has 2 aromatic heterocycles. The van der Waals surface area contributed by atoms with Crippen molar-refractivity contribution < 1.29 is 23.8 Å². The molecule has 7 nitrogen and oxygen atoms in total. The second-order valence-electron chi connectivity index (χ2n) is 18.8. The molecular weight excluding hydrogens is 779 g/mol. The molecule has 6 aromatic rings. The van der Waals surface area contributed by atoms with E-state index in [0.717, 1.165) is 56.9 Å². The fourth-order valence-corrected chi connectivity index (χ4v) is 11.4. The Hall–Kier alpha value is -5.77. The van der Waals surface area contributed by atoms with Crippen LogP contribution in [0.3, 0.4) is 0 Å². The molecule has 4 atom stereocenters. The highest BCUT2D eigenvalue weighted by Crippen LogP contribution is 2.54. The molecule has 2 saturated heterocycles. The molecule has 9 heteroatoms. The van der Waals surface area contributed by atoms with Crippen LogP contribution in [0.25, 0.3) is 22.3 Å². The van der Waals surface area contributed by atoms with E-state index in [1.54, 1.807) is 0 Å². The number of hydrogen-bond donors (Lipinski definition) is 2. The van der Waals surface area contributed by atoms with Crippen LogP contribution in [0.1, 0.15) is 127 Å². The van der Waals surface area contributed by atoms with Crippen molar-refractivity contribution in [3.05, 3.63) is 166 Å². The fraction of sp³-hybridized carbons (Fsp3) is 0.340. The van der Waals surface area contributed by atoms with Crippen molar-refractivity contribution >= 4 is 17.2 Å². The van der Waals surface area contributed by atoms with Crippen molar-refractivity contribution in [1.82, 2.24) is 9.97 Å². The predicted molar refractivity (Wildman–Crippen MR) is 240 cm³/mol. The predicted octanol–water partition coefficient (Wildman–Crippen LogP) is 10.7. The highest BCUT2D eigenvalue weighted by Gasteiger charge is 2.50. The highest BCUT2D eigenvalue weighted by atomic mass is 19.1. The lowest BCUT2D eigenvalue weighted by Gasteiger charge is -2.28. The van der Waals surface area contributed by atoms with Crippen LogP contribution in [0.5, 0.6) is 0 Å². The molecule has 4 aliphatic rings. The smallest absolute Gasteiger partial charge is 0.233 e. The summed E-state index contributed by atoms with van der Waals surface area (Å²) in [5, 5.41) is 22.8. The maximum absolute atomic E-state index is 15.2. The highest BCUT2D eigenvalue weighted by molar-refractivity contribution is 6.13. The zero-order valence-electron chi connectivity index (χ0n) is 35.7. The van der Waals surface area contributed by atoms with Crippen molar-refractivity contribution in [3.63, 3.8) is 0 Å². The molecular formula is C53H52F2N4O3. The van der Waals surface area contributed by atoms with Crippen molar-refractivity contribution in [1.29, 1.82) is 0 Å². The standard InChI is InChI=1S/C53H52F2N4O3/c1-31(2)37-9-5-7-11-39(37)33-13-15-41-43(21-33)52(25-47(41)60)17-19-58(29-52)45-23-35(54)27-56-49(45)51(62)50-46(24-36(55)28-57-50)59-20-18-53(30-59)26-48(61)42-16-14-34(22-44(42)53)40-12-8-6-10-38(40)32(3)4/h5-16,21-24,27-28,31-32,47-48,60-61H,17-20,25-26,29-30H2,1-4H3. The minimum atomic E-state index is -0.642. The number of ketones is 1. The third kappa shape index (κ3) is 6.63. The summed E-state index contributed by atoms with van der Waals surface area (Å²) >= 11 is 0. The second-order valence-corrected chi connectivity index (χ2v) is 18.8. The molecule has 62 heavy (non-hydrogen) atoms. The first-order valence-electron chi connectivity index (χ1n) is 22.0. The lowest BCUT2D eigenvalue weighted by Crippen LogP contribution is -2.31. The van der Waals surface area contributed by atoms with Crippen LogP contribution >= 0.6 is 0 Å². The molecule has 316 valence electrons. The van der Waals surface area contributed by atoms with Gasteiger partial charge in [0.15, 0.2) is 0 Å². The van der Waals surface area contributed by atoms with E-state index >= 15 is 8.78 Å². The van der Waals surface area contributed by atoms with Crippen LogP contribution in [0.2, 0.25) is 0 Å². The number of carbonyl (C=O) groups is 1. The van der Waals surface area contributed by atoms with Crippen LogP contribution in [0, 0.1) is 11.6 Å². The number of aliphatic hydroxyl groups is 2. The molecule has 2 spiro atoms. The normalized spacial score (nSPS) is 22.7. The van der Waals surface area contributed by atoms with E-state index in [0.29, 0.717) is 75.1 Å².